The molecule has 2 N–H and O–H groups in total. The molecule has 118 valence electrons. The number of hydrogen-bond donors (Lipinski definition) is 1. The fourth-order valence-electron chi connectivity index (χ4n) is 2.38. The van der Waals surface area contributed by atoms with Gasteiger partial charge in [0.25, 0.3) is 0 Å². The quantitative estimate of drug-likeness (QED) is 0.912. The van der Waals surface area contributed by atoms with Crippen LogP contribution in [0.5, 0.6) is 0 Å². The van der Waals surface area contributed by atoms with E-state index in [0.717, 1.165) is 39.3 Å². The molecular formula is C14H26Cl3N3. The van der Waals surface area contributed by atoms with E-state index in [4.69, 9.17) is 5.73 Å². The van der Waals surface area contributed by atoms with Crippen molar-refractivity contribution >= 4 is 37.2 Å². The number of benzene rings is 1. The van der Waals surface area contributed by atoms with Gasteiger partial charge in [-0.05, 0) is 12.5 Å². The van der Waals surface area contributed by atoms with E-state index < -0.39 is 0 Å². The minimum Gasteiger partial charge on any atom is -0.327 e. The molecule has 1 aliphatic heterocycles. The van der Waals surface area contributed by atoms with Gasteiger partial charge in [-0.2, -0.15) is 0 Å². The Kier molecular flexibility index (Phi) is 12.9. The fourth-order valence-corrected chi connectivity index (χ4v) is 2.38. The van der Waals surface area contributed by atoms with Crippen molar-refractivity contribution < 1.29 is 0 Å². The summed E-state index contributed by atoms with van der Waals surface area (Å²) in [6.07, 6.45) is 0. The van der Waals surface area contributed by atoms with Gasteiger partial charge in [-0.25, -0.2) is 0 Å². The second kappa shape index (κ2) is 11.6. The molecule has 1 unspecified atom stereocenters. The summed E-state index contributed by atoms with van der Waals surface area (Å²) in [4.78, 5) is 4.99. The first-order chi connectivity index (χ1) is 8.24. The van der Waals surface area contributed by atoms with E-state index in [1.165, 1.54) is 5.56 Å². The Bertz CT molecular complexity index is 328. The molecule has 1 heterocycles. The molecule has 0 radical (unpaired) electrons. The third-order valence-electron chi connectivity index (χ3n) is 3.26. The van der Waals surface area contributed by atoms with Crippen LogP contribution in [0.15, 0.2) is 30.3 Å². The van der Waals surface area contributed by atoms with Gasteiger partial charge in [0.1, 0.15) is 0 Å². The van der Waals surface area contributed by atoms with Crippen LogP contribution in [0.2, 0.25) is 0 Å². The predicted molar refractivity (Wildman–Crippen MR) is 93.6 cm³/mol. The highest BCUT2D eigenvalue weighted by Gasteiger charge is 2.17. The largest absolute Gasteiger partial charge is 0.327 e. The summed E-state index contributed by atoms with van der Waals surface area (Å²) in [7, 11) is 0. The summed E-state index contributed by atoms with van der Waals surface area (Å²) in [5.41, 5.74) is 7.24. The minimum atomic E-state index is 0. The number of piperazine rings is 1. The van der Waals surface area contributed by atoms with E-state index in [0.29, 0.717) is 0 Å². The third-order valence-corrected chi connectivity index (χ3v) is 3.26. The molecule has 0 aromatic heterocycles. The lowest BCUT2D eigenvalue weighted by molar-refractivity contribution is 0.123. The van der Waals surface area contributed by atoms with E-state index in [-0.39, 0.29) is 43.3 Å². The van der Waals surface area contributed by atoms with Crippen LogP contribution in [0.1, 0.15) is 12.5 Å². The molecule has 0 bridgehead atoms. The van der Waals surface area contributed by atoms with E-state index in [1.54, 1.807) is 0 Å². The molecule has 1 aromatic rings. The average molecular weight is 343 g/mol. The second-order valence-electron chi connectivity index (χ2n) is 5.04. The van der Waals surface area contributed by atoms with Crippen LogP contribution in [0, 0.1) is 0 Å². The molecular weight excluding hydrogens is 317 g/mol. The Balaban J connectivity index is 0. The monoisotopic (exact) mass is 341 g/mol. The van der Waals surface area contributed by atoms with Crippen LogP contribution in [0.4, 0.5) is 0 Å². The number of hydrogen-bond acceptors (Lipinski definition) is 3. The molecule has 0 spiro atoms. The second-order valence-corrected chi connectivity index (χ2v) is 5.04. The SMILES string of the molecule is CC(N)CN1CCN(Cc2ccccc2)CC1.Cl.Cl.Cl. The number of halogens is 3. The van der Waals surface area contributed by atoms with E-state index in [9.17, 15) is 0 Å². The minimum absolute atomic E-state index is 0. The van der Waals surface area contributed by atoms with Gasteiger partial charge in [0.05, 0.1) is 0 Å². The van der Waals surface area contributed by atoms with E-state index >= 15 is 0 Å². The van der Waals surface area contributed by atoms with Gasteiger partial charge >= 0.3 is 0 Å². The Labute approximate surface area is 141 Å². The van der Waals surface area contributed by atoms with E-state index in [2.05, 4.69) is 47.1 Å². The maximum Gasteiger partial charge on any atom is 0.0234 e. The van der Waals surface area contributed by atoms with Crippen molar-refractivity contribution in [1.29, 1.82) is 0 Å². The Morgan fingerprint density at radius 2 is 1.45 bits per heavy atom. The van der Waals surface area contributed by atoms with Gasteiger partial charge in [0.15, 0.2) is 0 Å². The van der Waals surface area contributed by atoms with Gasteiger partial charge in [-0.15, -0.1) is 37.2 Å². The maximum absolute atomic E-state index is 5.83. The Hall–Kier alpha value is -0.0300. The Morgan fingerprint density at radius 3 is 1.95 bits per heavy atom. The molecule has 6 heteroatoms. The zero-order valence-corrected chi connectivity index (χ0v) is 14.4. The van der Waals surface area contributed by atoms with Crippen molar-refractivity contribution in [3.05, 3.63) is 35.9 Å². The summed E-state index contributed by atoms with van der Waals surface area (Å²) in [5, 5.41) is 0. The molecule has 0 saturated carbocycles. The van der Waals surface area contributed by atoms with Crippen LogP contribution < -0.4 is 5.73 Å². The molecule has 1 fully saturated rings. The molecule has 1 atom stereocenters. The average Bonchev–Trinajstić information content (AvgIpc) is 2.32. The first-order valence-electron chi connectivity index (χ1n) is 6.48. The van der Waals surface area contributed by atoms with Crippen molar-refractivity contribution in [2.45, 2.75) is 19.5 Å². The van der Waals surface area contributed by atoms with Crippen molar-refractivity contribution in [2.24, 2.45) is 5.73 Å². The number of nitrogens with zero attached hydrogens (tertiary/aromatic N) is 2. The van der Waals surface area contributed by atoms with Crippen LogP contribution in [0.25, 0.3) is 0 Å². The van der Waals surface area contributed by atoms with Crippen molar-refractivity contribution in [1.82, 2.24) is 9.80 Å². The first kappa shape index (κ1) is 22.3. The zero-order valence-electron chi connectivity index (χ0n) is 11.9. The molecule has 1 saturated heterocycles. The van der Waals surface area contributed by atoms with Gasteiger partial charge in [-0.3, -0.25) is 9.80 Å². The molecule has 0 aliphatic carbocycles. The topological polar surface area (TPSA) is 32.5 Å². The van der Waals surface area contributed by atoms with Gasteiger partial charge in [0.2, 0.25) is 0 Å². The smallest absolute Gasteiger partial charge is 0.0234 e. The van der Waals surface area contributed by atoms with Crippen molar-refractivity contribution in [2.75, 3.05) is 32.7 Å². The van der Waals surface area contributed by atoms with Crippen LogP contribution in [-0.2, 0) is 6.54 Å². The molecule has 1 aliphatic rings. The number of rotatable bonds is 4. The summed E-state index contributed by atoms with van der Waals surface area (Å²) < 4.78 is 0. The summed E-state index contributed by atoms with van der Waals surface area (Å²) in [6.45, 7) is 8.79. The summed E-state index contributed by atoms with van der Waals surface area (Å²) in [6, 6.07) is 11.0. The Morgan fingerprint density at radius 1 is 0.950 bits per heavy atom. The summed E-state index contributed by atoms with van der Waals surface area (Å²) >= 11 is 0. The van der Waals surface area contributed by atoms with Gasteiger partial charge in [-0.1, -0.05) is 30.3 Å². The van der Waals surface area contributed by atoms with E-state index in [1.807, 2.05) is 0 Å². The normalized spacial score (nSPS) is 17.3. The third kappa shape index (κ3) is 7.67. The lowest BCUT2D eigenvalue weighted by Gasteiger charge is -2.35. The lowest BCUT2D eigenvalue weighted by atomic mass is 10.2. The predicted octanol–water partition coefficient (Wildman–Crippen LogP) is 2.42. The molecule has 3 nitrogen and oxygen atoms in total. The molecule has 20 heavy (non-hydrogen) atoms. The molecule has 1 aromatic carbocycles. The highest BCUT2D eigenvalue weighted by molar-refractivity contribution is 5.86. The number of nitrogens with two attached hydrogens (primary N) is 1. The zero-order chi connectivity index (χ0) is 12.1. The molecule has 2 rings (SSSR count). The summed E-state index contributed by atoms with van der Waals surface area (Å²) in [5.74, 6) is 0. The molecule has 0 amide bonds. The van der Waals surface area contributed by atoms with Crippen molar-refractivity contribution in [3.8, 4) is 0 Å². The first-order valence-corrected chi connectivity index (χ1v) is 6.48. The van der Waals surface area contributed by atoms with Gasteiger partial charge < -0.3 is 5.73 Å². The maximum atomic E-state index is 5.83. The standard InChI is InChI=1S/C14H23N3.3ClH/c1-13(15)11-16-7-9-17(10-8-16)12-14-5-3-2-4-6-14;;;/h2-6,13H,7-12,15H2,1H3;3*1H. The van der Waals surface area contributed by atoms with Crippen LogP contribution in [0.3, 0.4) is 0 Å². The van der Waals surface area contributed by atoms with Crippen molar-refractivity contribution in [3.63, 3.8) is 0 Å². The highest BCUT2D eigenvalue weighted by Crippen LogP contribution is 2.08. The van der Waals surface area contributed by atoms with Crippen LogP contribution in [-0.4, -0.2) is 48.6 Å². The lowest BCUT2D eigenvalue weighted by Crippen LogP contribution is -2.48. The fraction of sp³-hybridized carbons (Fsp3) is 0.571. The van der Waals surface area contributed by atoms with Crippen LogP contribution >= 0.6 is 37.2 Å². The van der Waals surface area contributed by atoms with Gasteiger partial charge in [0, 0.05) is 45.3 Å². The highest BCUT2D eigenvalue weighted by atomic mass is 35.5.